The first kappa shape index (κ1) is 15.7. The zero-order chi connectivity index (χ0) is 15.6. The third kappa shape index (κ3) is 3.32. The van der Waals surface area contributed by atoms with E-state index in [1.165, 1.54) is 0 Å². The van der Waals surface area contributed by atoms with Crippen LogP contribution in [0.5, 0.6) is 0 Å². The SMILES string of the molecule is CCC1CN(C)CCCN1C(=O)c1cc(F)cc(N)c1F. The van der Waals surface area contributed by atoms with E-state index in [0.717, 1.165) is 38.1 Å². The molecule has 1 unspecified atom stereocenters. The molecule has 1 saturated heterocycles. The highest BCUT2D eigenvalue weighted by Gasteiger charge is 2.29. The summed E-state index contributed by atoms with van der Waals surface area (Å²) in [5, 5.41) is 0. The maximum absolute atomic E-state index is 14.0. The second kappa shape index (κ2) is 6.39. The van der Waals surface area contributed by atoms with E-state index in [1.54, 1.807) is 4.90 Å². The molecule has 21 heavy (non-hydrogen) atoms. The standard InChI is InChI=1S/C15H21F2N3O/c1-3-11-9-19(2)5-4-6-20(11)15(21)12-7-10(16)8-13(18)14(12)17/h7-8,11H,3-6,9,18H2,1-2H3. The molecule has 0 bridgehead atoms. The largest absolute Gasteiger partial charge is 0.396 e. The lowest BCUT2D eigenvalue weighted by Gasteiger charge is -2.30. The topological polar surface area (TPSA) is 49.6 Å². The Morgan fingerprint density at radius 1 is 1.38 bits per heavy atom. The molecule has 0 aromatic heterocycles. The fraction of sp³-hybridized carbons (Fsp3) is 0.533. The molecule has 1 amide bonds. The Bertz CT molecular complexity index is 536. The fourth-order valence-corrected chi connectivity index (χ4v) is 2.78. The Morgan fingerprint density at radius 2 is 2.10 bits per heavy atom. The maximum atomic E-state index is 14.0. The van der Waals surface area contributed by atoms with Gasteiger partial charge in [0.15, 0.2) is 5.82 Å². The van der Waals surface area contributed by atoms with Gasteiger partial charge < -0.3 is 15.5 Å². The molecule has 1 aliphatic heterocycles. The van der Waals surface area contributed by atoms with Gasteiger partial charge in [-0.2, -0.15) is 0 Å². The van der Waals surface area contributed by atoms with Crippen LogP contribution in [0.15, 0.2) is 12.1 Å². The second-order valence-electron chi connectivity index (χ2n) is 5.53. The number of benzene rings is 1. The third-order valence-electron chi connectivity index (χ3n) is 3.93. The Balaban J connectivity index is 2.33. The van der Waals surface area contributed by atoms with E-state index < -0.39 is 17.5 Å². The first-order valence-electron chi connectivity index (χ1n) is 7.18. The third-order valence-corrected chi connectivity index (χ3v) is 3.93. The van der Waals surface area contributed by atoms with Crippen LogP contribution in [0.2, 0.25) is 0 Å². The van der Waals surface area contributed by atoms with Gasteiger partial charge in [0.25, 0.3) is 5.91 Å². The van der Waals surface area contributed by atoms with E-state index in [9.17, 15) is 13.6 Å². The molecule has 2 rings (SSSR count). The first-order chi connectivity index (χ1) is 9.93. The highest BCUT2D eigenvalue weighted by Crippen LogP contribution is 2.22. The lowest BCUT2D eigenvalue weighted by molar-refractivity contribution is 0.0670. The van der Waals surface area contributed by atoms with Crippen LogP contribution in [-0.2, 0) is 0 Å². The summed E-state index contributed by atoms with van der Waals surface area (Å²) in [5.41, 5.74) is 4.80. The number of carbonyl (C=O) groups excluding carboxylic acids is 1. The molecule has 116 valence electrons. The van der Waals surface area contributed by atoms with Gasteiger partial charge in [-0.15, -0.1) is 0 Å². The van der Waals surface area contributed by atoms with Crippen molar-refractivity contribution in [3.05, 3.63) is 29.3 Å². The minimum absolute atomic E-state index is 0.00566. The molecule has 6 heteroatoms. The number of nitrogens with two attached hydrogens (primary N) is 1. The van der Waals surface area contributed by atoms with Crippen molar-refractivity contribution in [2.75, 3.05) is 32.4 Å². The molecule has 0 aliphatic carbocycles. The van der Waals surface area contributed by atoms with Gasteiger partial charge in [-0.25, -0.2) is 8.78 Å². The van der Waals surface area contributed by atoms with Crippen molar-refractivity contribution in [1.82, 2.24) is 9.80 Å². The number of amides is 1. The van der Waals surface area contributed by atoms with E-state index in [4.69, 9.17) is 5.73 Å². The summed E-state index contributed by atoms with van der Waals surface area (Å²) in [4.78, 5) is 16.4. The van der Waals surface area contributed by atoms with Crippen LogP contribution in [-0.4, -0.2) is 48.4 Å². The number of nitrogen functional groups attached to an aromatic ring is 1. The van der Waals surface area contributed by atoms with E-state index in [-0.39, 0.29) is 17.3 Å². The van der Waals surface area contributed by atoms with Crippen molar-refractivity contribution in [2.24, 2.45) is 0 Å². The van der Waals surface area contributed by atoms with E-state index >= 15 is 0 Å². The number of hydrogen-bond acceptors (Lipinski definition) is 3. The smallest absolute Gasteiger partial charge is 0.257 e. The van der Waals surface area contributed by atoms with Crippen molar-refractivity contribution >= 4 is 11.6 Å². The Labute approximate surface area is 123 Å². The van der Waals surface area contributed by atoms with Gasteiger partial charge in [-0.05, 0) is 38.6 Å². The average Bonchev–Trinajstić information content (AvgIpc) is 2.63. The monoisotopic (exact) mass is 297 g/mol. The van der Waals surface area contributed by atoms with Crippen LogP contribution in [0.4, 0.5) is 14.5 Å². The van der Waals surface area contributed by atoms with E-state index in [2.05, 4.69) is 4.90 Å². The number of rotatable bonds is 2. The van der Waals surface area contributed by atoms with Crippen molar-refractivity contribution in [1.29, 1.82) is 0 Å². The van der Waals surface area contributed by atoms with Crippen molar-refractivity contribution in [2.45, 2.75) is 25.8 Å². The summed E-state index contributed by atoms with van der Waals surface area (Å²) in [7, 11) is 2.00. The molecule has 0 radical (unpaired) electrons. The van der Waals surface area contributed by atoms with Crippen molar-refractivity contribution in [3.8, 4) is 0 Å². The Hall–Kier alpha value is -1.69. The normalized spacial score (nSPS) is 20.4. The molecule has 1 heterocycles. The summed E-state index contributed by atoms with van der Waals surface area (Å²) in [5.74, 6) is -2.02. The summed E-state index contributed by atoms with van der Waals surface area (Å²) in [6.45, 7) is 4.14. The molecule has 1 aliphatic rings. The molecular formula is C15H21F2N3O. The summed E-state index contributed by atoms with van der Waals surface area (Å²) in [6, 6.07) is 1.81. The summed E-state index contributed by atoms with van der Waals surface area (Å²) < 4.78 is 27.5. The zero-order valence-electron chi connectivity index (χ0n) is 12.4. The summed E-state index contributed by atoms with van der Waals surface area (Å²) in [6.07, 6.45) is 1.58. The number of carbonyl (C=O) groups is 1. The molecule has 1 aromatic carbocycles. The number of hydrogen-bond donors (Lipinski definition) is 1. The molecule has 1 atom stereocenters. The Kier molecular flexibility index (Phi) is 4.77. The van der Waals surface area contributed by atoms with Crippen molar-refractivity contribution < 1.29 is 13.6 Å². The molecule has 0 saturated carbocycles. The van der Waals surface area contributed by atoms with E-state index in [1.807, 2.05) is 14.0 Å². The van der Waals surface area contributed by atoms with E-state index in [0.29, 0.717) is 6.54 Å². The summed E-state index contributed by atoms with van der Waals surface area (Å²) >= 11 is 0. The van der Waals surface area contributed by atoms with Gasteiger partial charge >= 0.3 is 0 Å². The highest BCUT2D eigenvalue weighted by molar-refractivity contribution is 5.95. The average molecular weight is 297 g/mol. The molecule has 1 aromatic rings. The van der Waals surface area contributed by atoms with Crippen LogP contribution in [0.25, 0.3) is 0 Å². The van der Waals surface area contributed by atoms with Gasteiger partial charge in [0.05, 0.1) is 11.3 Å². The van der Waals surface area contributed by atoms with Gasteiger partial charge in [-0.1, -0.05) is 6.92 Å². The van der Waals surface area contributed by atoms with Gasteiger partial charge in [-0.3, -0.25) is 4.79 Å². The minimum atomic E-state index is -0.839. The van der Waals surface area contributed by atoms with Crippen LogP contribution in [0, 0.1) is 11.6 Å². The van der Waals surface area contributed by atoms with Crippen LogP contribution in [0.3, 0.4) is 0 Å². The molecule has 2 N–H and O–H groups in total. The van der Waals surface area contributed by atoms with Gasteiger partial charge in [0.1, 0.15) is 5.82 Å². The highest BCUT2D eigenvalue weighted by atomic mass is 19.1. The number of nitrogens with zero attached hydrogens (tertiary/aromatic N) is 2. The van der Waals surface area contributed by atoms with Crippen LogP contribution in [0.1, 0.15) is 30.1 Å². The Morgan fingerprint density at radius 3 is 2.76 bits per heavy atom. The number of halogens is 2. The number of likely N-dealkylation sites (N-methyl/N-ethyl adjacent to an activating group) is 1. The molecule has 0 spiro atoms. The maximum Gasteiger partial charge on any atom is 0.257 e. The molecular weight excluding hydrogens is 276 g/mol. The first-order valence-corrected chi connectivity index (χ1v) is 7.18. The number of anilines is 1. The minimum Gasteiger partial charge on any atom is -0.396 e. The zero-order valence-corrected chi connectivity index (χ0v) is 12.4. The van der Waals surface area contributed by atoms with Gasteiger partial charge in [0.2, 0.25) is 0 Å². The van der Waals surface area contributed by atoms with Crippen LogP contribution < -0.4 is 5.73 Å². The quantitative estimate of drug-likeness (QED) is 0.851. The molecule has 4 nitrogen and oxygen atoms in total. The van der Waals surface area contributed by atoms with Crippen molar-refractivity contribution in [3.63, 3.8) is 0 Å². The predicted octanol–water partition coefficient (Wildman–Crippen LogP) is 2.10. The van der Waals surface area contributed by atoms with Gasteiger partial charge in [0, 0.05) is 19.1 Å². The fourth-order valence-electron chi connectivity index (χ4n) is 2.78. The van der Waals surface area contributed by atoms with Crippen LogP contribution >= 0.6 is 0 Å². The molecule has 1 fully saturated rings. The lowest BCUT2D eigenvalue weighted by Crippen LogP contribution is -2.43. The second-order valence-corrected chi connectivity index (χ2v) is 5.53. The lowest BCUT2D eigenvalue weighted by atomic mass is 10.1. The predicted molar refractivity (Wildman–Crippen MR) is 78.0 cm³/mol.